The molecule has 0 aromatic heterocycles. The third-order valence-corrected chi connectivity index (χ3v) is 8.64. The molecule has 42 heavy (non-hydrogen) atoms. The van der Waals surface area contributed by atoms with Crippen molar-refractivity contribution in [1.29, 1.82) is 0 Å². The van der Waals surface area contributed by atoms with Gasteiger partial charge in [-0.2, -0.15) is 22.0 Å². The number of alkyl halides is 5. The number of allylic oxidation sites excluding steroid dienone is 1. The molecule has 0 atom stereocenters. The quantitative estimate of drug-likeness (QED) is 0.112. The summed E-state index contributed by atoms with van der Waals surface area (Å²) in [4.78, 5) is -0.272. The van der Waals surface area contributed by atoms with E-state index in [0.717, 1.165) is 24.0 Å². The number of benzene rings is 3. The molecule has 0 saturated carbocycles. The molecule has 0 fully saturated rings. The van der Waals surface area contributed by atoms with Gasteiger partial charge in [-0.15, -0.1) is 0 Å². The van der Waals surface area contributed by atoms with Crippen molar-refractivity contribution in [2.24, 2.45) is 0 Å². The number of phenolic OH excluding ortho intramolecular Hbond substituents is 1. The summed E-state index contributed by atoms with van der Waals surface area (Å²) in [5.41, 5.74) is 3.63. The van der Waals surface area contributed by atoms with Crippen molar-refractivity contribution in [1.82, 2.24) is 0 Å². The minimum absolute atomic E-state index is 0.0141. The van der Waals surface area contributed by atoms with Gasteiger partial charge in [0, 0.05) is 6.42 Å². The largest absolute Gasteiger partial charge is 0.508 e. The van der Waals surface area contributed by atoms with Crippen LogP contribution in [-0.2, 0) is 9.84 Å². The van der Waals surface area contributed by atoms with E-state index in [9.17, 15) is 35.5 Å². The number of rotatable bonds is 14. The fourth-order valence-electron chi connectivity index (χ4n) is 4.60. The molecule has 3 aromatic rings. The van der Waals surface area contributed by atoms with Gasteiger partial charge in [0.1, 0.15) is 16.4 Å². The maximum Gasteiger partial charge on any atom is 0.453 e. The van der Waals surface area contributed by atoms with Crippen LogP contribution in [0.2, 0.25) is 0 Å². The summed E-state index contributed by atoms with van der Waals surface area (Å²) in [6, 6.07) is 20.5. The maximum atomic E-state index is 13.5. The molecule has 228 valence electrons. The predicted octanol–water partition coefficient (Wildman–Crippen LogP) is 9.08. The Morgan fingerprint density at radius 3 is 2.05 bits per heavy atom. The molecule has 0 spiro atoms. The highest BCUT2D eigenvalue weighted by Crippen LogP contribution is 2.40. The first-order valence-corrected chi connectivity index (χ1v) is 15.5. The molecule has 3 rings (SSSR count). The Kier molecular flexibility index (Phi) is 11.2. The van der Waals surface area contributed by atoms with Gasteiger partial charge in [-0.3, -0.25) is 0 Å². The normalized spacial score (nSPS) is 13.1. The Balaban J connectivity index is 2.14. The molecule has 0 heterocycles. The first-order chi connectivity index (χ1) is 19.8. The molecule has 0 unspecified atom stereocenters. The van der Waals surface area contributed by atoms with Gasteiger partial charge in [-0.25, -0.2) is 8.42 Å². The van der Waals surface area contributed by atoms with E-state index in [0.29, 0.717) is 29.5 Å². The second-order valence-corrected chi connectivity index (χ2v) is 12.0. The molecule has 3 aromatic carbocycles. The number of hydrogen-bond acceptors (Lipinski definition) is 4. The zero-order chi connectivity index (χ0) is 31.0. The van der Waals surface area contributed by atoms with Gasteiger partial charge < -0.3 is 9.84 Å². The van der Waals surface area contributed by atoms with Crippen molar-refractivity contribution in [3.05, 3.63) is 89.5 Å². The van der Waals surface area contributed by atoms with Crippen LogP contribution in [0, 0.1) is 0 Å². The van der Waals surface area contributed by atoms with Crippen molar-refractivity contribution in [3.8, 4) is 11.5 Å². The van der Waals surface area contributed by atoms with Gasteiger partial charge in [0.15, 0.2) is 9.84 Å². The standard InChI is InChI=1S/C32H35F5O4S/c1-3-5-9-20-41-28-18-15-25(22-29(28)42(39,40)21-10-19-31(33,34)32(35,36)37)30(24-13-16-26(38)17-14-24)27(4-2)23-11-7-6-8-12-23/h6-8,11-18,22,38H,3-5,9-10,19-21H2,1-2H3. The van der Waals surface area contributed by atoms with E-state index >= 15 is 0 Å². The van der Waals surface area contributed by atoms with E-state index in [1.807, 2.05) is 44.2 Å². The topological polar surface area (TPSA) is 63.6 Å². The number of ether oxygens (including phenoxy) is 1. The van der Waals surface area contributed by atoms with Crippen molar-refractivity contribution in [2.75, 3.05) is 12.4 Å². The van der Waals surface area contributed by atoms with Gasteiger partial charge in [-0.05, 0) is 71.4 Å². The smallest absolute Gasteiger partial charge is 0.453 e. The van der Waals surface area contributed by atoms with E-state index < -0.39 is 40.5 Å². The van der Waals surface area contributed by atoms with Crippen LogP contribution in [0.5, 0.6) is 11.5 Å². The maximum absolute atomic E-state index is 13.5. The fraction of sp³-hybridized carbons (Fsp3) is 0.375. The summed E-state index contributed by atoms with van der Waals surface area (Å²) in [7, 11) is -4.33. The number of aromatic hydroxyl groups is 1. The van der Waals surface area contributed by atoms with Crippen LogP contribution >= 0.6 is 0 Å². The number of phenols is 1. The number of hydrogen-bond donors (Lipinski definition) is 1. The lowest BCUT2D eigenvalue weighted by Crippen LogP contribution is -2.36. The van der Waals surface area contributed by atoms with Crippen LogP contribution in [0.3, 0.4) is 0 Å². The summed E-state index contributed by atoms with van der Waals surface area (Å²) in [6.07, 6.45) is -5.33. The van der Waals surface area contributed by atoms with E-state index in [2.05, 4.69) is 0 Å². The summed E-state index contributed by atoms with van der Waals surface area (Å²) >= 11 is 0. The zero-order valence-electron chi connectivity index (χ0n) is 23.6. The highest BCUT2D eigenvalue weighted by atomic mass is 32.2. The second-order valence-electron chi connectivity index (χ2n) is 9.96. The van der Waals surface area contributed by atoms with Gasteiger partial charge in [0.05, 0.1) is 12.4 Å². The van der Waals surface area contributed by atoms with Crippen molar-refractivity contribution in [2.45, 2.75) is 69.4 Å². The lowest BCUT2D eigenvalue weighted by Gasteiger charge is -2.20. The Morgan fingerprint density at radius 1 is 0.810 bits per heavy atom. The molecule has 0 saturated heterocycles. The molecule has 1 N–H and O–H groups in total. The minimum Gasteiger partial charge on any atom is -0.508 e. The van der Waals surface area contributed by atoms with Crippen molar-refractivity contribution in [3.63, 3.8) is 0 Å². The molecular weight excluding hydrogens is 575 g/mol. The molecule has 0 aliphatic rings. The molecule has 0 bridgehead atoms. The highest BCUT2D eigenvalue weighted by Gasteiger charge is 2.56. The van der Waals surface area contributed by atoms with Gasteiger partial charge in [0.2, 0.25) is 0 Å². The van der Waals surface area contributed by atoms with E-state index in [4.69, 9.17) is 4.74 Å². The molecule has 0 aliphatic heterocycles. The fourth-order valence-corrected chi connectivity index (χ4v) is 6.09. The van der Waals surface area contributed by atoms with E-state index in [-0.39, 0.29) is 23.0 Å². The van der Waals surface area contributed by atoms with Gasteiger partial charge >= 0.3 is 12.1 Å². The van der Waals surface area contributed by atoms with E-state index in [1.165, 1.54) is 24.3 Å². The molecule has 4 nitrogen and oxygen atoms in total. The second kappa shape index (κ2) is 14.2. The zero-order valence-corrected chi connectivity index (χ0v) is 24.4. The van der Waals surface area contributed by atoms with Crippen LogP contribution < -0.4 is 4.74 Å². The highest BCUT2D eigenvalue weighted by molar-refractivity contribution is 7.91. The van der Waals surface area contributed by atoms with E-state index in [1.54, 1.807) is 18.2 Å². The first kappa shape index (κ1) is 33.1. The SMILES string of the molecule is CCCCCOc1ccc(C(=C(CC)c2ccccc2)c2ccc(O)cc2)cc1S(=O)(=O)CCCC(F)(F)C(F)(F)F. The average molecular weight is 611 g/mol. The van der Waals surface area contributed by atoms with Gasteiger partial charge in [0.25, 0.3) is 0 Å². The van der Waals surface area contributed by atoms with Crippen LogP contribution in [-0.4, -0.2) is 38.0 Å². The number of sulfone groups is 1. The van der Waals surface area contributed by atoms with Crippen molar-refractivity contribution >= 4 is 21.0 Å². The molecule has 10 heteroatoms. The Morgan fingerprint density at radius 2 is 1.45 bits per heavy atom. The lowest BCUT2D eigenvalue weighted by molar-refractivity contribution is -0.284. The third-order valence-electron chi connectivity index (χ3n) is 6.83. The van der Waals surface area contributed by atoms with Crippen molar-refractivity contribution < 1.29 is 40.2 Å². The van der Waals surface area contributed by atoms with Gasteiger partial charge in [-0.1, -0.05) is 75.2 Å². The first-order valence-electron chi connectivity index (χ1n) is 13.8. The Hall–Kier alpha value is -3.40. The summed E-state index contributed by atoms with van der Waals surface area (Å²) in [5.74, 6) is -5.85. The molecular formula is C32H35F5O4S. The summed E-state index contributed by atoms with van der Waals surface area (Å²) in [5, 5.41) is 9.88. The lowest BCUT2D eigenvalue weighted by atomic mass is 9.88. The Labute approximate surface area is 243 Å². The third kappa shape index (κ3) is 8.33. The summed E-state index contributed by atoms with van der Waals surface area (Å²) in [6.45, 7) is 4.16. The number of unbranched alkanes of at least 4 members (excludes halogenated alkanes) is 2. The van der Waals surface area contributed by atoms with Crippen LogP contribution in [0.4, 0.5) is 22.0 Å². The monoisotopic (exact) mass is 610 g/mol. The van der Waals surface area contributed by atoms with Crippen LogP contribution in [0.25, 0.3) is 11.1 Å². The van der Waals surface area contributed by atoms with Crippen LogP contribution in [0.1, 0.15) is 69.1 Å². The molecule has 0 amide bonds. The predicted molar refractivity (Wildman–Crippen MR) is 155 cm³/mol. The molecule has 0 radical (unpaired) electrons. The minimum atomic E-state index is -5.76. The molecule has 0 aliphatic carbocycles. The summed E-state index contributed by atoms with van der Waals surface area (Å²) < 4.78 is 97.9. The Bertz CT molecular complexity index is 1450. The average Bonchev–Trinajstić information content (AvgIpc) is 2.94. The number of halogens is 5. The van der Waals surface area contributed by atoms with Crippen LogP contribution in [0.15, 0.2) is 77.7 Å².